The van der Waals surface area contributed by atoms with Crippen molar-refractivity contribution >= 4 is 11.8 Å². The van der Waals surface area contributed by atoms with Crippen molar-refractivity contribution in [2.45, 2.75) is 44.4 Å². The number of rotatable bonds is 6. The average molecular weight is 359 g/mol. The molecule has 2 heterocycles. The smallest absolute Gasteiger partial charge is 0.351 e. The lowest BCUT2D eigenvalue weighted by Gasteiger charge is -2.18. The van der Waals surface area contributed by atoms with E-state index in [1.807, 2.05) is 0 Å². The molecular weight excluding hydrogens is 336 g/mol. The maximum atomic E-state index is 12.0. The molecule has 1 aromatic heterocycles. The number of ether oxygens (including phenoxy) is 2. The van der Waals surface area contributed by atoms with E-state index in [-0.39, 0.29) is 11.7 Å². The molecule has 25 heavy (non-hydrogen) atoms. The van der Waals surface area contributed by atoms with E-state index in [0.29, 0.717) is 4.57 Å². The van der Waals surface area contributed by atoms with Gasteiger partial charge in [0, 0.05) is 6.20 Å². The predicted octanol–water partition coefficient (Wildman–Crippen LogP) is -1.81. The maximum absolute atomic E-state index is 12.0. The third-order valence-corrected chi connectivity index (χ3v) is 3.77. The van der Waals surface area contributed by atoms with Gasteiger partial charge in [0.2, 0.25) is 0 Å². The van der Waals surface area contributed by atoms with Crippen molar-refractivity contribution in [1.82, 2.24) is 9.55 Å². The third kappa shape index (κ3) is 4.14. The van der Waals surface area contributed by atoms with E-state index >= 15 is 0 Å². The number of carbonyl (C=O) groups excluding carboxylic acids is 1. The van der Waals surface area contributed by atoms with Crippen LogP contribution in [-0.4, -0.2) is 61.9 Å². The van der Waals surface area contributed by atoms with Crippen LogP contribution in [0.3, 0.4) is 0 Å². The van der Waals surface area contributed by atoms with E-state index in [4.69, 9.17) is 21.8 Å². The number of aromatic nitrogens is 2. The van der Waals surface area contributed by atoms with E-state index in [0.717, 1.165) is 12.3 Å². The van der Waals surface area contributed by atoms with Crippen LogP contribution >= 0.6 is 0 Å². The second kappa shape index (κ2) is 7.89. The van der Waals surface area contributed by atoms with Gasteiger partial charge in [-0.1, -0.05) is 13.8 Å². The van der Waals surface area contributed by atoms with Crippen LogP contribution in [0.15, 0.2) is 17.1 Å². The highest BCUT2D eigenvalue weighted by atomic mass is 16.6. The molecule has 0 unspecified atom stereocenters. The van der Waals surface area contributed by atoms with Gasteiger partial charge < -0.3 is 25.4 Å². The number of aliphatic hydroxyl groups excluding tert-OH is 2. The third-order valence-electron chi connectivity index (χ3n) is 3.77. The minimum atomic E-state index is -2.39. The quantitative estimate of drug-likeness (QED) is 0.288. The molecule has 0 aliphatic carbocycles. The lowest BCUT2D eigenvalue weighted by atomic mass is 10.1. The van der Waals surface area contributed by atoms with E-state index in [2.05, 4.69) is 4.98 Å². The Morgan fingerprint density at radius 2 is 2.24 bits per heavy atom. The number of anilines is 1. The Kier molecular flexibility index (Phi) is 5.60. The van der Waals surface area contributed by atoms with Gasteiger partial charge in [-0.15, -0.1) is 0 Å². The Labute approximate surface area is 144 Å². The highest BCUT2D eigenvalue weighted by Crippen LogP contribution is 2.28. The van der Waals surface area contributed by atoms with Crippen LogP contribution in [-0.2, 0) is 14.3 Å². The van der Waals surface area contributed by atoms with Crippen LogP contribution in [0.5, 0.6) is 0 Å². The average Bonchev–Trinajstić information content (AvgIpc) is 2.83. The Bertz CT molecular complexity index is 715. The minimum absolute atomic E-state index is 0.166. The zero-order valence-electron chi connectivity index (χ0n) is 14.7. The van der Waals surface area contributed by atoms with Crippen LogP contribution in [0.1, 0.15) is 21.4 Å². The molecule has 6 N–H and O–H groups in total. The van der Waals surface area contributed by atoms with Crippen LogP contribution in [0.25, 0.3) is 0 Å². The maximum Gasteiger partial charge on any atom is 0.351 e. The molecule has 1 aromatic rings. The number of nitrogens with one attached hydrogen (secondary N) is 1. The zero-order valence-corrected chi connectivity index (χ0v) is 13.7. The summed E-state index contributed by atoms with van der Waals surface area (Å²) in [7, 11) is 0. The zero-order chi connectivity index (χ0) is 19.6. The van der Waals surface area contributed by atoms with Gasteiger partial charge >= 0.3 is 11.7 Å². The minimum Gasteiger partial charge on any atom is -0.462 e. The molecule has 1 saturated heterocycles. The summed E-state index contributed by atoms with van der Waals surface area (Å²) in [6, 6.07) is 0.291. The van der Waals surface area contributed by atoms with E-state index < -0.39 is 48.8 Å². The van der Waals surface area contributed by atoms with Crippen molar-refractivity contribution in [3.05, 3.63) is 22.7 Å². The fraction of sp³-hybridized carbons (Fsp3) is 0.643. The second-order valence-corrected chi connectivity index (χ2v) is 5.91. The first kappa shape index (κ1) is 17.8. The normalized spacial score (nSPS) is 30.8. The second-order valence-electron chi connectivity index (χ2n) is 5.91. The Morgan fingerprint density at radius 3 is 2.80 bits per heavy atom. The van der Waals surface area contributed by atoms with Gasteiger partial charge in [-0.3, -0.25) is 20.0 Å². The van der Waals surface area contributed by atoms with Crippen molar-refractivity contribution < 1.29 is 31.1 Å². The molecule has 0 spiro atoms. The topological polar surface area (TPSA) is 169 Å². The van der Waals surface area contributed by atoms with Crippen LogP contribution in [0.4, 0.5) is 5.82 Å². The summed E-state index contributed by atoms with van der Waals surface area (Å²) in [5.74, 6) is -1.05. The number of hydrogen-bond acceptors (Lipinski definition) is 10. The van der Waals surface area contributed by atoms with Gasteiger partial charge in [-0.05, 0) is 12.0 Å². The number of carbonyl (C=O) groups is 1. The summed E-state index contributed by atoms with van der Waals surface area (Å²) in [4.78, 5) is 27.2. The Morgan fingerprint density at radius 1 is 1.56 bits per heavy atom. The molecule has 0 bridgehead atoms. The molecule has 0 aromatic carbocycles. The first-order chi connectivity index (χ1) is 12.1. The van der Waals surface area contributed by atoms with Gasteiger partial charge in [-0.25, -0.2) is 4.79 Å². The van der Waals surface area contributed by atoms with Gasteiger partial charge in [0.05, 0.1) is 1.37 Å². The monoisotopic (exact) mass is 359 g/mol. The molecule has 0 radical (unpaired) electrons. The summed E-state index contributed by atoms with van der Waals surface area (Å²) >= 11 is 0. The number of nitrogens with zero attached hydrogens (tertiary/aromatic N) is 2. The molecule has 0 saturated carbocycles. The van der Waals surface area contributed by atoms with Gasteiger partial charge in [0.15, 0.2) is 12.0 Å². The lowest BCUT2D eigenvalue weighted by Crippen LogP contribution is -2.40. The van der Waals surface area contributed by atoms with E-state index in [1.165, 1.54) is 0 Å². The Balaban J connectivity index is 2.16. The molecule has 11 heteroatoms. The Hall–Kier alpha value is -2.05. The summed E-state index contributed by atoms with van der Waals surface area (Å²) in [5.41, 5.74) is 6.32. The molecule has 140 valence electrons. The fourth-order valence-corrected chi connectivity index (χ4v) is 2.14. The molecule has 11 nitrogen and oxygen atoms in total. The first-order valence-electron chi connectivity index (χ1n) is 8.08. The van der Waals surface area contributed by atoms with Crippen molar-refractivity contribution in [3.63, 3.8) is 0 Å². The van der Waals surface area contributed by atoms with Crippen LogP contribution < -0.4 is 16.9 Å². The van der Waals surface area contributed by atoms with Crippen LogP contribution in [0, 0.1) is 5.92 Å². The van der Waals surface area contributed by atoms with Crippen molar-refractivity contribution in [2.75, 3.05) is 12.1 Å². The summed E-state index contributed by atoms with van der Waals surface area (Å²) < 4.78 is 19.1. The summed E-state index contributed by atoms with van der Waals surface area (Å²) in [6.45, 7) is 3.00. The molecule has 1 aliphatic rings. The highest BCUT2D eigenvalue weighted by Gasteiger charge is 2.44. The molecule has 1 aliphatic heterocycles. The molecule has 0 amide bonds. The summed E-state index contributed by atoms with van der Waals surface area (Å²) in [5, 5.41) is 29.0. The number of aliphatic hydroxyl groups is 2. The van der Waals surface area contributed by atoms with Gasteiger partial charge in [0.1, 0.15) is 31.0 Å². The van der Waals surface area contributed by atoms with Gasteiger partial charge in [-0.2, -0.15) is 4.98 Å². The van der Waals surface area contributed by atoms with Crippen molar-refractivity contribution in [2.24, 2.45) is 11.7 Å². The van der Waals surface area contributed by atoms with E-state index in [1.54, 1.807) is 19.3 Å². The number of hydrogen-bond donors (Lipinski definition) is 5. The highest BCUT2D eigenvalue weighted by molar-refractivity contribution is 5.75. The fourth-order valence-electron chi connectivity index (χ4n) is 2.14. The molecule has 2 rings (SSSR count). The lowest BCUT2D eigenvalue weighted by molar-refractivity contribution is -0.152. The van der Waals surface area contributed by atoms with Crippen LogP contribution in [0.2, 0.25) is 0 Å². The van der Waals surface area contributed by atoms with Crippen molar-refractivity contribution in [1.29, 1.82) is 0 Å². The predicted molar refractivity (Wildman–Crippen MR) is 83.6 cm³/mol. The largest absolute Gasteiger partial charge is 0.462 e. The standard InChI is InChI=1S/C14H22N4O7/c1-6(2)9(15)13(21)24-5-7-10(19)11(20)12(25-7)18-4-3-8(17-23)16-14(18)22/h3-4,6-7,9-12,19-20,23H,5,15H2,1-2H3,(H,16,17,22)/t7-,9+,10-,11-,12-/m1/s1/i12D. The van der Waals surface area contributed by atoms with Crippen molar-refractivity contribution in [3.8, 4) is 0 Å². The molecular formula is C14H22N4O7. The molecule has 5 atom stereocenters. The first-order valence-corrected chi connectivity index (χ1v) is 7.58. The van der Waals surface area contributed by atoms with E-state index in [9.17, 15) is 19.8 Å². The SMILES string of the molecule is [2H][C@@]1(n2ccc(NO)nc2=O)O[C@H](COC(=O)[C@@H](N)C(C)C)[C@@H](O)[C@H]1O. The van der Waals surface area contributed by atoms with Gasteiger partial charge in [0.25, 0.3) is 0 Å². The number of esters is 1. The number of nitrogens with two attached hydrogens (primary N) is 1. The molecule has 1 fully saturated rings. The summed E-state index contributed by atoms with van der Waals surface area (Å²) in [6.07, 6.45) is -6.02.